The molecule has 1 aromatic carbocycles. The fourth-order valence-electron chi connectivity index (χ4n) is 1.69. The second kappa shape index (κ2) is 5.99. The van der Waals surface area contributed by atoms with Gasteiger partial charge in [-0.15, -0.1) is 0 Å². The Hall–Kier alpha value is -1.66. The SMILES string of the molecule is CC(C)c1nc(Cl)cc(Nc2ccc(S(C)(=O)=O)cc2)n1. The number of nitrogens with zero attached hydrogens (tertiary/aromatic N) is 2. The first-order chi connectivity index (χ1) is 9.75. The van der Waals surface area contributed by atoms with Crippen LogP contribution in [0.4, 0.5) is 11.5 Å². The molecule has 2 rings (SSSR count). The van der Waals surface area contributed by atoms with Crippen LogP contribution in [-0.4, -0.2) is 24.6 Å². The van der Waals surface area contributed by atoms with Gasteiger partial charge in [-0.25, -0.2) is 18.4 Å². The smallest absolute Gasteiger partial charge is 0.175 e. The van der Waals surface area contributed by atoms with Crippen molar-refractivity contribution in [2.24, 2.45) is 0 Å². The summed E-state index contributed by atoms with van der Waals surface area (Å²) in [5, 5.41) is 3.45. The van der Waals surface area contributed by atoms with Gasteiger partial charge in [-0.05, 0) is 24.3 Å². The van der Waals surface area contributed by atoms with E-state index in [1.165, 1.54) is 6.26 Å². The van der Waals surface area contributed by atoms with Crippen LogP contribution in [0.5, 0.6) is 0 Å². The molecule has 21 heavy (non-hydrogen) atoms. The van der Waals surface area contributed by atoms with Gasteiger partial charge in [-0.2, -0.15) is 0 Å². The Morgan fingerprint density at radius 1 is 1.14 bits per heavy atom. The van der Waals surface area contributed by atoms with Gasteiger partial charge in [0.15, 0.2) is 9.84 Å². The van der Waals surface area contributed by atoms with Gasteiger partial charge in [0.1, 0.15) is 16.8 Å². The molecule has 1 aromatic heterocycles. The predicted octanol–water partition coefficient (Wildman–Crippen LogP) is 3.40. The monoisotopic (exact) mass is 325 g/mol. The highest BCUT2D eigenvalue weighted by molar-refractivity contribution is 7.90. The topological polar surface area (TPSA) is 72.0 Å². The molecule has 0 saturated heterocycles. The Labute approximate surface area is 129 Å². The molecule has 1 N–H and O–H groups in total. The molecule has 5 nitrogen and oxygen atoms in total. The maximum Gasteiger partial charge on any atom is 0.175 e. The van der Waals surface area contributed by atoms with Crippen LogP contribution < -0.4 is 5.32 Å². The molecule has 0 saturated carbocycles. The van der Waals surface area contributed by atoms with Crippen LogP contribution in [0.15, 0.2) is 35.2 Å². The minimum atomic E-state index is -3.19. The minimum absolute atomic E-state index is 0.164. The third-order valence-corrected chi connectivity index (χ3v) is 4.11. The molecule has 0 aliphatic carbocycles. The quantitative estimate of drug-likeness (QED) is 0.872. The predicted molar refractivity (Wildman–Crippen MR) is 84.0 cm³/mol. The van der Waals surface area contributed by atoms with Gasteiger partial charge in [0.25, 0.3) is 0 Å². The third kappa shape index (κ3) is 4.15. The Morgan fingerprint density at radius 3 is 2.29 bits per heavy atom. The number of benzene rings is 1. The Morgan fingerprint density at radius 2 is 1.76 bits per heavy atom. The molecule has 0 fully saturated rings. The zero-order valence-electron chi connectivity index (χ0n) is 12.0. The van der Waals surface area contributed by atoms with Crippen molar-refractivity contribution < 1.29 is 8.42 Å². The van der Waals surface area contributed by atoms with Crippen molar-refractivity contribution in [1.82, 2.24) is 9.97 Å². The van der Waals surface area contributed by atoms with E-state index in [0.29, 0.717) is 16.8 Å². The summed E-state index contributed by atoms with van der Waals surface area (Å²) in [6.45, 7) is 3.96. The Balaban J connectivity index is 2.26. The van der Waals surface area contributed by atoms with Crippen LogP contribution in [0.1, 0.15) is 25.6 Å². The van der Waals surface area contributed by atoms with Crippen molar-refractivity contribution >= 4 is 32.9 Å². The summed E-state index contributed by atoms with van der Waals surface area (Å²) in [7, 11) is -3.19. The van der Waals surface area contributed by atoms with Crippen molar-refractivity contribution in [2.75, 3.05) is 11.6 Å². The fraction of sp³-hybridized carbons (Fsp3) is 0.286. The Bertz CT molecular complexity index is 743. The highest BCUT2D eigenvalue weighted by atomic mass is 35.5. The van der Waals surface area contributed by atoms with E-state index in [0.717, 1.165) is 5.69 Å². The van der Waals surface area contributed by atoms with Crippen molar-refractivity contribution in [3.05, 3.63) is 41.3 Å². The highest BCUT2D eigenvalue weighted by Crippen LogP contribution is 2.21. The van der Waals surface area contributed by atoms with E-state index in [1.807, 2.05) is 13.8 Å². The summed E-state index contributed by atoms with van der Waals surface area (Å²) in [4.78, 5) is 8.81. The van der Waals surface area contributed by atoms with Gasteiger partial charge in [0, 0.05) is 23.9 Å². The van der Waals surface area contributed by atoms with E-state index in [4.69, 9.17) is 11.6 Å². The second-order valence-electron chi connectivity index (χ2n) is 5.01. The average molecular weight is 326 g/mol. The lowest BCUT2D eigenvalue weighted by atomic mass is 10.2. The first-order valence-corrected chi connectivity index (χ1v) is 8.64. The summed E-state index contributed by atoms with van der Waals surface area (Å²) in [5.41, 5.74) is 0.729. The standard InChI is InChI=1S/C14H16ClN3O2S/c1-9(2)14-17-12(15)8-13(18-14)16-10-4-6-11(7-5-10)21(3,19)20/h4-9H,1-3H3,(H,16,17,18). The average Bonchev–Trinajstić information content (AvgIpc) is 2.37. The van der Waals surface area contributed by atoms with E-state index < -0.39 is 9.84 Å². The molecule has 7 heteroatoms. The number of aromatic nitrogens is 2. The molecule has 0 bridgehead atoms. The maximum absolute atomic E-state index is 11.4. The van der Waals surface area contributed by atoms with Crippen LogP contribution in [0, 0.1) is 0 Å². The van der Waals surface area contributed by atoms with E-state index in [9.17, 15) is 8.42 Å². The van der Waals surface area contributed by atoms with Gasteiger partial charge < -0.3 is 5.32 Å². The highest BCUT2D eigenvalue weighted by Gasteiger charge is 2.09. The molecule has 0 spiro atoms. The summed E-state index contributed by atoms with van der Waals surface area (Å²) in [5.74, 6) is 1.39. The molecule has 1 heterocycles. The van der Waals surface area contributed by atoms with Gasteiger partial charge in [-0.1, -0.05) is 25.4 Å². The first kappa shape index (κ1) is 15.7. The van der Waals surface area contributed by atoms with E-state index in [1.54, 1.807) is 30.3 Å². The summed E-state index contributed by atoms with van der Waals surface area (Å²) >= 11 is 5.97. The number of anilines is 2. The fourth-order valence-corrected chi connectivity index (χ4v) is 2.51. The van der Waals surface area contributed by atoms with Crippen molar-refractivity contribution in [2.45, 2.75) is 24.7 Å². The van der Waals surface area contributed by atoms with Crippen LogP contribution >= 0.6 is 11.6 Å². The number of rotatable bonds is 4. The zero-order chi connectivity index (χ0) is 15.6. The molecule has 0 amide bonds. The zero-order valence-corrected chi connectivity index (χ0v) is 13.5. The van der Waals surface area contributed by atoms with Crippen LogP contribution in [-0.2, 0) is 9.84 Å². The molecule has 0 aliphatic heterocycles. The number of hydrogen-bond donors (Lipinski definition) is 1. The normalized spacial score (nSPS) is 11.7. The lowest BCUT2D eigenvalue weighted by molar-refractivity contribution is 0.602. The number of nitrogens with one attached hydrogen (secondary N) is 1. The van der Waals surface area contributed by atoms with E-state index >= 15 is 0 Å². The van der Waals surface area contributed by atoms with Crippen molar-refractivity contribution in [3.8, 4) is 0 Å². The summed E-state index contributed by atoms with van der Waals surface area (Å²) < 4.78 is 22.8. The molecule has 0 unspecified atom stereocenters. The number of sulfone groups is 1. The third-order valence-electron chi connectivity index (χ3n) is 2.78. The maximum atomic E-state index is 11.4. The first-order valence-electron chi connectivity index (χ1n) is 6.37. The van der Waals surface area contributed by atoms with E-state index in [-0.39, 0.29) is 10.8 Å². The minimum Gasteiger partial charge on any atom is -0.340 e. The number of hydrogen-bond acceptors (Lipinski definition) is 5. The summed E-state index contributed by atoms with van der Waals surface area (Å²) in [6.07, 6.45) is 1.18. The lowest BCUT2D eigenvalue weighted by Gasteiger charge is -2.10. The lowest BCUT2D eigenvalue weighted by Crippen LogP contribution is -2.02. The molecule has 0 aliphatic rings. The molecule has 112 valence electrons. The van der Waals surface area contributed by atoms with Gasteiger partial charge >= 0.3 is 0 Å². The molecular formula is C14H16ClN3O2S. The Kier molecular flexibility index (Phi) is 4.49. The van der Waals surface area contributed by atoms with Crippen LogP contribution in [0.25, 0.3) is 0 Å². The van der Waals surface area contributed by atoms with Crippen molar-refractivity contribution in [3.63, 3.8) is 0 Å². The van der Waals surface area contributed by atoms with Gasteiger partial charge in [-0.3, -0.25) is 0 Å². The molecule has 0 radical (unpaired) electrons. The van der Waals surface area contributed by atoms with E-state index in [2.05, 4.69) is 15.3 Å². The van der Waals surface area contributed by atoms with Gasteiger partial charge in [0.2, 0.25) is 0 Å². The summed E-state index contributed by atoms with van der Waals surface area (Å²) in [6, 6.07) is 8.08. The molecular weight excluding hydrogens is 310 g/mol. The number of halogens is 1. The van der Waals surface area contributed by atoms with Crippen LogP contribution in [0.3, 0.4) is 0 Å². The van der Waals surface area contributed by atoms with Gasteiger partial charge in [0.05, 0.1) is 4.90 Å². The van der Waals surface area contributed by atoms with Crippen LogP contribution in [0.2, 0.25) is 5.15 Å². The molecule has 2 aromatic rings. The van der Waals surface area contributed by atoms with Crippen molar-refractivity contribution in [1.29, 1.82) is 0 Å². The second-order valence-corrected chi connectivity index (χ2v) is 7.41. The largest absolute Gasteiger partial charge is 0.340 e. The molecule has 0 atom stereocenters.